The Morgan fingerprint density at radius 1 is 0.757 bits per heavy atom. The first-order chi connectivity index (χ1) is 17.7. The summed E-state index contributed by atoms with van der Waals surface area (Å²) in [5, 5.41) is 0. The molecule has 0 amide bonds. The summed E-state index contributed by atoms with van der Waals surface area (Å²) >= 11 is 0. The fourth-order valence-electron chi connectivity index (χ4n) is 4.20. The molecule has 0 aliphatic rings. The van der Waals surface area contributed by atoms with Crippen LogP contribution in [-0.2, 0) is 29.3 Å². The van der Waals surface area contributed by atoms with Gasteiger partial charge < -0.3 is 19.4 Å². The number of benzene rings is 2. The van der Waals surface area contributed by atoms with Crippen LogP contribution in [0.25, 0.3) is 11.1 Å². The van der Waals surface area contributed by atoms with Gasteiger partial charge in [0.15, 0.2) is 0 Å². The standard InChI is InChI=1S/C30H40N2.2C2H5.Ni/c1-5-9-13-24-18-20-27(21-19-24)30(28-16-12-15-25(22-28)14-10-6-2)29(17-11-7-3)26(8-4)23-32-31;2*1-2;/h12,15-16,18-22H,5-11,13-14,17H2,1-4H3;2*1H2,2H3;/q;2*-1;+2. The normalized spacial score (nSPS) is 10.3. The molecule has 0 saturated carbocycles. The number of nitrogens with zero attached hydrogens (tertiary/aromatic N) is 2. The summed E-state index contributed by atoms with van der Waals surface area (Å²) in [4.78, 5) is 3.29. The van der Waals surface area contributed by atoms with E-state index in [0.717, 1.165) is 44.1 Å². The Labute approximate surface area is 239 Å². The van der Waals surface area contributed by atoms with Crippen LogP contribution in [0.4, 0.5) is 0 Å². The molecule has 0 atom stereocenters. The van der Waals surface area contributed by atoms with Crippen molar-refractivity contribution in [2.24, 2.45) is 0 Å². The van der Waals surface area contributed by atoms with Crippen molar-refractivity contribution in [3.05, 3.63) is 101 Å². The van der Waals surface area contributed by atoms with Gasteiger partial charge in [-0.25, -0.2) is 0 Å². The van der Waals surface area contributed by atoms with E-state index in [0.29, 0.717) is 0 Å². The molecule has 2 aromatic carbocycles. The summed E-state index contributed by atoms with van der Waals surface area (Å²) in [6.07, 6.45) is 11.0. The molecule has 0 spiro atoms. The van der Waals surface area contributed by atoms with Gasteiger partial charge in [0.1, 0.15) is 0 Å². The van der Waals surface area contributed by atoms with Crippen molar-refractivity contribution in [3.8, 4) is 0 Å². The van der Waals surface area contributed by atoms with E-state index in [2.05, 4.69) is 101 Å². The van der Waals surface area contributed by atoms with Crippen LogP contribution < -0.4 is 0 Å². The van der Waals surface area contributed by atoms with Crippen LogP contribution in [0.3, 0.4) is 0 Å². The van der Waals surface area contributed by atoms with E-state index < -0.39 is 0 Å². The van der Waals surface area contributed by atoms with Crippen molar-refractivity contribution in [2.45, 2.75) is 106 Å². The first-order valence-electron chi connectivity index (χ1n) is 14.0. The number of hydrogen-bond donors (Lipinski definition) is 0. The van der Waals surface area contributed by atoms with Crippen LogP contribution >= 0.6 is 0 Å². The van der Waals surface area contributed by atoms with E-state index in [1.54, 1.807) is 13.8 Å². The molecule has 2 nitrogen and oxygen atoms in total. The average molecular weight is 545 g/mol. The predicted octanol–water partition coefficient (Wildman–Crippen LogP) is 10.3. The van der Waals surface area contributed by atoms with Gasteiger partial charge in [-0.1, -0.05) is 95.5 Å². The Bertz CT molecular complexity index is 960. The summed E-state index contributed by atoms with van der Waals surface area (Å²) in [6, 6.07) is 18.1. The Balaban J connectivity index is 0. The summed E-state index contributed by atoms with van der Waals surface area (Å²) in [5.74, 6) is 2.89. The Morgan fingerprint density at radius 3 is 1.84 bits per heavy atom. The van der Waals surface area contributed by atoms with Gasteiger partial charge in [-0.05, 0) is 78.3 Å². The number of rotatable bonds is 13. The molecule has 0 aliphatic heterocycles. The number of hydrogen-bond acceptors (Lipinski definition) is 0. The molecule has 0 aliphatic carbocycles. The molecular formula is C34H50N2Ni. The minimum atomic E-state index is 0. The molecule has 0 heterocycles. The van der Waals surface area contributed by atoms with Gasteiger partial charge in [-0.15, -0.1) is 4.79 Å². The molecule has 0 bridgehead atoms. The maximum Gasteiger partial charge on any atom is 2.00 e. The largest absolute Gasteiger partial charge is 2.00 e. The van der Waals surface area contributed by atoms with Crippen molar-refractivity contribution in [1.82, 2.24) is 0 Å². The van der Waals surface area contributed by atoms with Crippen LogP contribution in [-0.4, -0.2) is 10.7 Å². The predicted molar refractivity (Wildman–Crippen MR) is 160 cm³/mol. The molecule has 0 saturated heterocycles. The second-order valence-electron chi connectivity index (χ2n) is 8.61. The number of aryl methyl sites for hydroxylation is 2. The van der Waals surface area contributed by atoms with Crippen molar-refractivity contribution in [3.63, 3.8) is 0 Å². The van der Waals surface area contributed by atoms with Crippen LogP contribution in [0.2, 0.25) is 0 Å². The SMILES string of the molecule is CCCCC(C(=C=[N+]=[N-])CC)=C(c1ccc(CCCC)cc1)c1cccc(CCCC)c1.[CH2-]C.[CH2-]C.[Ni+2]. The second-order valence-corrected chi connectivity index (χ2v) is 8.61. The van der Waals surface area contributed by atoms with E-state index in [1.165, 1.54) is 59.1 Å². The summed E-state index contributed by atoms with van der Waals surface area (Å²) in [6.45, 7) is 18.8. The van der Waals surface area contributed by atoms with E-state index in [4.69, 9.17) is 0 Å². The van der Waals surface area contributed by atoms with E-state index >= 15 is 0 Å². The summed E-state index contributed by atoms with van der Waals surface area (Å²) in [7, 11) is 0. The fourth-order valence-corrected chi connectivity index (χ4v) is 4.20. The molecule has 0 N–H and O–H groups in total. The van der Waals surface area contributed by atoms with Gasteiger partial charge in [-0.3, -0.25) is 0 Å². The minimum absolute atomic E-state index is 0. The van der Waals surface area contributed by atoms with Gasteiger partial charge in [0.2, 0.25) is 0 Å². The minimum Gasteiger partial charge on any atom is -0.348 e. The summed E-state index contributed by atoms with van der Waals surface area (Å²) < 4.78 is 0. The molecular weight excluding hydrogens is 495 g/mol. The molecule has 0 fully saturated rings. The third-order valence-corrected chi connectivity index (χ3v) is 6.08. The zero-order valence-electron chi connectivity index (χ0n) is 24.3. The van der Waals surface area contributed by atoms with Gasteiger partial charge in [0.25, 0.3) is 0 Å². The molecule has 206 valence electrons. The average Bonchev–Trinajstić information content (AvgIpc) is 2.94. The number of unbranched alkanes of at least 4 members (excludes halogenated alkanes) is 3. The first-order valence-corrected chi connectivity index (χ1v) is 14.0. The molecule has 0 unspecified atom stereocenters. The second kappa shape index (κ2) is 24.2. The zero-order chi connectivity index (χ0) is 27.2. The Morgan fingerprint density at radius 2 is 1.32 bits per heavy atom. The first kappa shape index (κ1) is 37.0. The van der Waals surface area contributed by atoms with Crippen molar-refractivity contribution < 1.29 is 21.3 Å². The van der Waals surface area contributed by atoms with Gasteiger partial charge >= 0.3 is 22.4 Å². The van der Waals surface area contributed by atoms with Crippen LogP contribution in [0.5, 0.6) is 0 Å². The Kier molecular flexibility index (Phi) is 24.2. The van der Waals surface area contributed by atoms with Crippen molar-refractivity contribution >= 4 is 11.4 Å². The van der Waals surface area contributed by atoms with Gasteiger partial charge in [0, 0.05) is 0 Å². The van der Waals surface area contributed by atoms with E-state index in [1.807, 2.05) is 0 Å². The van der Waals surface area contributed by atoms with Gasteiger partial charge in [0.05, 0.1) is 5.57 Å². The third-order valence-electron chi connectivity index (χ3n) is 6.08. The smallest absolute Gasteiger partial charge is 0.348 e. The molecule has 37 heavy (non-hydrogen) atoms. The zero-order valence-corrected chi connectivity index (χ0v) is 25.3. The summed E-state index contributed by atoms with van der Waals surface area (Å²) in [5.41, 5.74) is 18.0. The van der Waals surface area contributed by atoms with Crippen LogP contribution in [0, 0.1) is 13.8 Å². The fraction of sp³-hybridized carbons (Fsp3) is 0.471. The van der Waals surface area contributed by atoms with Crippen molar-refractivity contribution in [1.29, 1.82) is 0 Å². The van der Waals surface area contributed by atoms with E-state index in [9.17, 15) is 5.53 Å². The monoisotopic (exact) mass is 544 g/mol. The maximum absolute atomic E-state index is 9.30. The Hall–Kier alpha value is -2.17. The maximum atomic E-state index is 9.30. The van der Waals surface area contributed by atoms with Crippen molar-refractivity contribution in [2.75, 3.05) is 0 Å². The third kappa shape index (κ3) is 13.3. The van der Waals surface area contributed by atoms with E-state index in [-0.39, 0.29) is 16.5 Å². The van der Waals surface area contributed by atoms with Crippen LogP contribution in [0.15, 0.2) is 59.7 Å². The quantitative estimate of drug-likeness (QED) is 0.0600. The van der Waals surface area contributed by atoms with Crippen LogP contribution in [0.1, 0.15) is 115 Å². The molecule has 2 aromatic rings. The molecule has 2 rings (SSSR count). The topological polar surface area (TPSA) is 36.4 Å². The van der Waals surface area contributed by atoms with Gasteiger partial charge in [-0.2, -0.15) is 13.8 Å². The molecule has 3 heteroatoms. The molecule has 0 aromatic heterocycles. The molecule has 0 radical (unpaired) electrons. The number of allylic oxidation sites excluding steroid dienone is 2.